The SMILES string of the molecule is O=C(NCc1ccccc1)NC1(C(=O)Nc2ccc(SCc3cccnc3)cc2)CCCC1. The predicted octanol–water partition coefficient (Wildman–Crippen LogP) is 5.12. The van der Waals surface area contributed by atoms with Gasteiger partial charge in [0.2, 0.25) is 5.91 Å². The second-order valence-electron chi connectivity index (χ2n) is 8.21. The molecule has 3 aromatic rings. The standard InChI is InChI=1S/C26H28N4O2S/c31-24(29-22-10-12-23(13-11-22)33-19-21-9-6-16-27-17-21)26(14-4-5-15-26)30-25(32)28-18-20-7-2-1-3-8-20/h1-3,6-13,16-17H,4-5,14-15,18-19H2,(H,29,31)(H2,28,30,32). The van der Waals surface area contributed by atoms with Crippen molar-refractivity contribution in [2.45, 2.75) is 48.4 Å². The molecule has 3 N–H and O–H groups in total. The Bertz CT molecular complexity index is 1050. The van der Waals surface area contributed by atoms with Crippen molar-refractivity contribution in [1.29, 1.82) is 0 Å². The van der Waals surface area contributed by atoms with Gasteiger partial charge in [0.25, 0.3) is 0 Å². The van der Waals surface area contributed by atoms with E-state index in [1.807, 2.05) is 66.9 Å². The van der Waals surface area contributed by atoms with E-state index in [-0.39, 0.29) is 11.9 Å². The molecule has 1 aliphatic carbocycles. The summed E-state index contributed by atoms with van der Waals surface area (Å²) in [7, 11) is 0. The maximum Gasteiger partial charge on any atom is 0.315 e. The molecule has 1 saturated carbocycles. The number of pyridine rings is 1. The van der Waals surface area contributed by atoms with E-state index in [4.69, 9.17) is 0 Å². The van der Waals surface area contributed by atoms with Crippen LogP contribution in [0.25, 0.3) is 0 Å². The van der Waals surface area contributed by atoms with Crippen molar-refractivity contribution in [2.24, 2.45) is 0 Å². The van der Waals surface area contributed by atoms with Crippen molar-refractivity contribution >= 4 is 29.4 Å². The lowest BCUT2D eigenvalue weighted by Gasteiger charge is -2.29. The molecule has 0 spiro atoms. The zero-order valence-electron chi connectivity index (χ0n) is 18.4. The molecule has 1 fully saturated rings. The molecule has 0 atom stereocenters. The predicted molar refractivity (Wildman–Crippen MR) is 132 cm³/mol. The van der Waals surface area contributed by atoms with E-state index in [1.54, 1.807) is 18.0 Å². The fourth-order valence-corrected chi connectivity index (χ4v) is 4.80. The van der Waals surface area contributed by atoms with E-state index in [2.05, 4.69) is 27.0 Å². The smallest absolute Gasteiger partial charge is 0.315 e. The number of thioether (sulfide) groups is 1. The van der Waals surface area contributed by atoms with Crippen LogP contribution in [-0.4, -0.2) is 22.5 Å². The number of hydrogen-bond donors (Lipinski definition) is 3. The second kappa shape index (κ2) is 11.0. The van der Waals surface area contributed by atoms with Gasteiger partial charge in [0, 0.05) is 35.3 Å². The van der Waals surface area contributed by atoms with E-state index in [9.17, 15) is 9.59 Å². The van der Waals surface area contributed by atoms with Gasteiger partial charge in [-0.15, -0.1) is 11.8 Å². The fourth-order valence-electron chi connectivity index (χ4n) is 3.96. The number of nitrogens with zero attached hydrogens (tertiary/aromatic N) is 1. The van der Waals surface area contributed by atoms with Crippen molar-refractivity contribution in [3.8, 4) is 0 Å². The Morgan fingerprint density at radius 3 is 2.33 bits per heavy atom. The molecule has 0 aliphatic heterocycles. The molecule has 170 valence electrons. The fraction of sp³-hybridized carbons (Fsp3) is 0.269. The zero-order valence-corrected chi connectivity index (χ0v) is 19.2. The molecule has 2 aromatic carbocycles. The summed E-state index contributed by atoms with van der Waals surface area (Å²) < 4.78 is 0. The molecule has 6 nitrogen and oxygen atoms in total. The maximum atomic E-state index is 13.2. The number of aromatic nitrogens is 1. The lowest BCUT2D eigenvalue weighted by molar-refractivity contribution is -0.121. The van der Waals surface area contributed by atoms with Crippen LogP contribution in [0.4, 0.5) is 10.5 Å². The Morgan fingerprint density at radius 2 is 1.64 bits per heavy atom. The minimum Gasteiger partial charge on any atom is -0.334 e. The highest BCUT2D eigenvalue weighted by Gasteiger charge is 2.42. The number of anilines is 1. The van der Waals surface area contributed by atoms with Crippen LogP contribution in [0.2, 0.25) is 0 Å². The first-order valence-electron chi connectivity index (χ1n) is 11.2. The van der Waals surface area contributed by atoms with Crippen molar-refractivity contribution in [3.05, 3.63) is 90.3 Å². The van der Waals surface area contributed by atoms with Gasteiger partial charge in [-0.3, -0.25) is 9.78 Å². The van der Waals surface area contributed by atoms with Crippen LogP contribution in [-0.2, 0) is 17.1 Å². The molecule has 33 heavy (non-hydrogen) atoms. The third kappa shape index (κ3) is 6.35. The highest BCUT2D eigenvalue weighted by atomic mass is 32.2. The molecule has 0 saturated heterocycles. The Hall–Kier alpha value is -3.32. The van der Waals surface area contributed by atoms with Crippen molar-refractivity contribution in [3.63, 3.8) is 0 Å². The van der Waals surface area contributed by atoms with Crippen LogP contribution in [0.1, 0.15) is 36.8 Å². The Morgan fingerprint density at radius 1 is 0.909 bits per heavy atom. The average molecular weight is 461 g/mol. The molecule has 1 heterocycles. The second-order valence-corrected chi connectivity index (χ2v) is 9.26. The van der Waals surface area contributed by atoms with Gasteiger partial charge in [-0.1, -0.05) is 49.2 Å². The van der Waals surface area contributed by atoms with Gasteiger partial charge in [0.05, 0.1) is 0 Å². The lowest BCUT2D eigenvalue weighted by atomic mass is 9.96. The van der Waals surface area contributed by atoms with Crippen LogP contribution in [0.5, 0.6) is 0 Å². The van der Waals surface area contributed by atoms with Crippen molar-refractivity contribution in [2.75, 3.05) is 5.32 Å². The maximum absolute atomic E-state index is 13.2. The van der Waals surface area contributed by atoms with E-state index in [0.29, 0.717) is 19.4 Å². The molecule has 0 unspecified atom stereocenters. The van der Waals surface area contributed by atoms with Gasteiger partial charge in [0.15, 0.2) is 0 Å². The highest BCUT2D eigenvalue weighted by Crippen LogP contribution is 2.31. The highest BCUT2D eigenvalue weighted by molar-refractivity contribution is 7.98. The Kier molecular flexibility index (Phi) is 7.62. The summed E-state index contributed by atoms with van der Waals surface area (Å²) >= 11 is 1.72. The molecular weight excluding hydrogens is 432 g/mol. The van der Waals surface area contributed by atoms with E-state index in [0.717, 1.165) is 34.7 Å². The number of hydrogen-bond acceptors (Lipinski definition) is 4. The summed E-state index contributed by atoms with van der Waals surface area (Å²) in [6.45, 7) is 0.419. The lowest BCUT2D eigenvalue weighted by Crippen LogP contribution is -2.57. The third-order valence-corrected chi connectivity index (χ3v) is 6.86. The average Bonchev–Trinajstić information content (AvgIpc) is 3.33. The quantitative estimate of drug-likeness (QED) is 0.407. The Balaban J connectivity index is 1.32. The van der Waals surface area contributed by atoms with E-state index >= 15 is 0 Å². The molecule has 1 aliphatic rings. The summed E-state index contributed by atoms with van der Waals surface area (Å²) in [5, 5.41) is 8.83. The first-order valence-corrected chi connectivity index (χ1v) is 12.1. The van der Waals surface area contributed by atoms with Gasteiger partial charge in [-0.05, 0) is 54.3 Å². The van der Waals surface area contributed by atoms with Crippen LogP contribution >= 0.6 is 11.8 Å². The monoisotopic (exact) mass is 460 g/mol. The largest absolute Gasteiger partial charge is 0.334 e. The molecular formula is C26H28N4O2S. The number of rotatable bonds is 8. The van der Waals surface area contributed by atoms with E-state index in [1.165, 1.54) is 5.56 Å². The number of urea groups is 1. The van der Waals surface area contributed by atoms with E-state index < -0.39 is 5.54 Å². The molecule has 7 heteroatoms. The number of carbonyl (C=O) groups excluding carboxylic acids is 2. The summed E-state index contributed by atoms with van der Waals surface area (Å²) in [5.74, 6) is 0.677. The number of benzene rings is 2. The molecule has 4 rings (SSSR count). The van der Waals surface area contributed by atoms with Crippen LogP contribution in [0, 0.1) is 0 Å². The summed E-state index contributed by atoms with van der Waals surface area (Å²) in [6, 6.07) is 21.2. The minimum absolute atomic E-state index is 0.161. The topological polar surface area (TPSA) is 83.1 Å². The molecule has 3 amide bonds. The van der Waals surface area contributed by atoms with Crippen LogP contribution < -0.4 is 16.0 Å². The summed E-state index contributed by atoms with van der Waals surface area (Å²) in [4.78, 5) is 31.0. The van der Waals surface area contributed by atoms with Crippen molar-refractivity contribution < 1.29 is 9.59 Å². The normalized spacial score (nSPS) is 14.4. The number of amides is 3. The molecule has 0 bridgehead atoms. The first-order chi connectivity index (χ1) is 16.1. The molecule has 0 radical (unpaired) electrons. The number of nitrogens with one attached hydrogen (secondary N) is 3. The van der Waals surface area contributed by atoms with Gasteiger partial charge in [-0.25, -0.2) is 4.79 Å². The number of carbonyl (C=O) groups is 2. The van der Waals surface area contributed by atoms with Crippen LogP contribution in [0.15, 0.2) is 84.0 Å². The molecule has 1 aromatic heterocycles. The first kappa shape index (κ1) is 22.9. The van der Waals surface area contributed by atoms with Crippen molar-refractivity contribution in [1.82, 2.24) is 15.6 Å². The van der Waals surface area contributed by atoms with Gasteiger partial charge < -0.3 is 16.0 Å². The minimum atomic E-state index is -0.880. The Labute approximate surface area is 198 Å². The zero-order chi connectivity index (χ0) is 22.9. The third-order valence-electron chi connectivity index (χ3n) is 5.78. The van der Waals surface area contributed by atoms with Crippen LogP contribution in [0.3, 0.4) is 0 Å². The summed E-state index contributed by atoms with van der Waals surface area (Å²) in [6.07, 6.45) is 6.73. The summed E-state index contributed by atoms with van der Waals surface area (Å²) in [5.41, 5.74) is 2.02. The van der Waals surface area contributed by atoms with Gasteiger partial charge >= 0.3 is 6.03 Å². The van der Waals surface area contributed by atoms with Gasteiger partial charge in [-0.2, -0.15) is 0 Å². The van der Waals surface area contributed by atoms with Gasteiger partial charge in [0.1, 0.15) is 5.54 Å².